The standard InChI is InChI=1S/C15H34O3P10/c1-8-5-13(18-25(26(20)21)28(24-19)27(22)23)14-9(2)12(17)7-10(6-11(8)16)15(14,3)4/h8,10,12-13,17,24H,5-7,19-23H2,1-4H3/t8-,10?,12+,13-,25?,28?/m1/s1. The molecule has 0 saturated heterocycles. The van der Waals surface area contributed by atoms with Gasteiger partial charge in [-0.2, -0.15) is 0 Å². The smallest absolute Gasteiger partial charge is 0.136 e. The van der Waals surface area contributed by atoms with Gasteiger partial charge >= 0.3 is 0 Å². The van der Waals surface area contributed by atoms with E-state index in [0.717, 1.165) is 20.0 Å². The number of rotatable bonds is 6. The molecule has 1 fully saturated rings. The first-order valence-electron chi connectivity index (χ1n) is 9.15. The van der Waals surface area contributed by atoms with Crippen molar-refractivity contribution in [3.05, 3.63) is 11.1 Å². The lowest BCUT2D eigenvalue weighted by Gasteiger charge is -2.49. The molecule has 1 saturated carbocycles. The van der Waals surface area contributed by atoms with Gasteiger partial charge in [0, 0.05) is 19.3 Å². The van der Waals surface area contributed by atoms with Crippen molar-refractivity contribution in [2.24, 2.45) is 17.3 Å². The summed E-state index contributed by atoms with van der Waals surface area (Å²) in [5.41, 5.74) is 2.23. The number of carbonyl (C=O) groups excluding carboxylic acids is 1. The topological polar surface area (TPSA) is 46.5 Å². The fraction of sp³-hybridized carbons (Fsp3) is 0.800. The van der Waals surface area contributed by atoms with Gasteiger partial charge in [-0.15, -0.1) is 44.6 Å². The van der Waals surface area contributed by atoms with Crippen LogP contribution in [0.2, 0.25) is 0 Å². The van der Waals surface area contributed by atoms with E-state index in [4.69, 9.17) is 4.52 Å². The maximum absolute atomic E-state index is 12.9. The Hall–Kier alpha value is 3.63. The van der Waals surface area contributed by atoms with Crippen LogP contribution in [0, 0.1) is 17.3 Å². The van der Waals surface area contributed by atoms with E-state index in [-0.39, 0.29) is 44.3 Å². The van der Waals surface area contributed by atoms with Crippen LogP contribution < -0.4 is 0 Å². The minimum Gasteiger partial charge on any atom is -0.389 e. The van der Waals surface area contributed by atoms with Gasteiger partial charge in [-0.1, -0.05) is 28.7 Å². The molecular weight excluding hydrogens is 538 g/mol. The molecule has 2 aliphatic rings. The average molecular weight is 572 g/mol. The summed E-state index contributed by atoms with van der Waals surface area (Å²) in [6, 6.07) is 0. The molecule has 2 rings (SSSR count). The Morgan fingerprint density at radius 2 is 1.79 bits per heavy atom. The quantitative estimate of drug-likeness (QED) is 0.258. The van der Waals surface area contributed by atoms with Crippen LogP contribution in [0.3, 0.4) is 0 Å². The zero-order valence-electron chi connectivity index (χ0n) is 16.9. The second kappa shape index (κ2) is 11.9. The minimum absolute atomic E-state index is 0.0110. The van der Waals surface area contributed by atoms with Crippen molar-refractivity contribution in [3.8, 4) is 0 Å². The predicted molar refractivity (Wildman–Crippen MR) is 153 cm³/mol. The van der Waals surface area contributed by atoms with Gasteiger partial charge in [0.1, 0.15) is 5.78 Å². The number of ketones is 1. The zero-order valence-corrected chi connectivity index (χ0v) is 27.2. The van der Waals surface area contributed by atoms with Crippen LogP contribution >= 0.6 is 81.1 Å². The van der Waals surface area contributed by atoms with Gasteiger partial charge in [0.2, 0.25) is 0 Å². The van der Waals surface area contributed by atoms with Crippen molar-refractivity contribution in [2.75, 3.05) is 0 Å². The van der Waals surface area contributed by atoms with E-state index in [0.29, 0.717) is 18.6 Å². The molecule has 9 unspecified atom stereocenters. The largest absolute Gasteiger partial charge is 0.389 e. The molecular formula is C15H34O3P10. The molecule has 0 heterocycles. The van der Waals surface area contributed by atoms with E-state index in [1.807, 2.05) is 0 Å². The summed E-state index contributed by atoms with van der Waals surface area (Å²) >= 11 is 0. The molecule has 12 atom stereocenters. The lowest BCUT2D eigenvalue weighted by atomic mass is 9.59. The Bertz CT molecular complexity index is 611. The maximum atomic E-state index is 12.9. The van der Waals surface area contributed by atoms with Crippen LogP contribution in [-0.2, 0) is 9.32 Å². The average Bonchev–Trinajstić information content (AvgIpc) is 2.57. The molecule has 0 aliphatic heterocycles. The molecule has 0 aromatic heterocycles. The van der Waals surface area contributed by atoms with Gasteiger partial charge < -0.3 is 9.63 Å². The maximum Gasteiger partial charge on any atom is 0.136 e. The van der Waals surface area contributed by atoms with Crippen LogP contribution in [0.4, 0.5) is 0 Å². The van der Waals surface area contributed by atoms with Gasteiger partial charge in [-0.3, -0.25) is 4.79 Å². The summed E-state index contributed by atoms with van der Waals surface area (Å²) in [5, 5.41) is 10.8. The highest BCUT2D eigenvalue weighted by molar-refractivity contribution is 9.10. The van der Waals surface area contributed by atoms with Crippen molar-refractivity contribution >= 4 is 86.9 Å². The van der Waals surface area contributed by atoms with E-state index in [1.165, 1.54) is 5.57 Å². The fourth-order valence-corrected chi connectivity index (χ4v) is 70.5. The summed E-state index contributed by atoms with van der Waals surface area (Å²) in [5.74, 6) is 0.528. The highest BCUT2D eigenvalue weighted by atomic mass is 33.1. The molecule has 2 aliphatic carbocycles. The fourth-order valence-electron chi connectivity index (χ4n) is 4.28. The molecule has 0 aromatic carbocycles. The Labute approximate surface area is 188 Å². The van der Waals surface area contributed by atoms with E-state index in [2.05, 4.69) is 72.3 Å². The van der Waals surface area contributed by atoms with Crippen LogP contribution in [0.1, 0.15) is 47.0 Å². The molecule has 0 aromatic rings. The zero-order chi connectivity index (χ0) is 21.4. The third-order valence-corrected chi connectivity index (χ3v) is 53.2. The molecule has 3 nitrogen and oxygen atoms in total. The van der Waals surface area contributed by atoms with E-state index >= 15 is 0 Å². The monoisotopic (exact) mass is 572 g/mol. The number of fused-ring (bicyclic) bond motifs is 2. The van der Waals surface area contributed by atoms with Crippen molar-refractivity contribution in [2.45, 2.75) is 59.2 Å². The number of aliphatic hydroxyl groups is 1. The number of Topliss-reactive ketones (excluding diaryl/α,β-unsaturated/α-hetero) is 1. The van der Waals surface area contributed by atoms with Crippen molar-refractivity contribution in [1.82, 2.24) is 0 Å². The predicted octanol–water partition coefficient (Wildman–Crippen LogP) is 8.23. The van der Waals surface area contributed by atoms with Gasteiger partial charge in [0.05, 0.1) is 19.7 Å². The Morgan fingerprint density at radius 1 is 1.18 bits per heavy atom. The number of aliphatic hydroxyl groups excluding tert-OH is 1. The van der Waals surface area contributed by atoms with Crippen molar-refractivity contribution in [1.29, 1.82) is 0 Å². The first-order valence-corrected chi connectivity index (χ1v) is 26.7. The molecule has 0 amide bonds. The summed E-state index contributed by atoms with van der Waals surface area (Å²) in [7, 11) is 15.2. The SMILES string of the molecule is CC1=C2[C@H](OP(P(P)P)P(PP)P(P)P)C[C@@H](C)C(=O)CC(C[C@@H]1O)C2(C)C. The van der Waals surface area contributed by atoms with Gasteiger partial charge in [-0.25, -0.2) is 0 Å². The molecule has 1 N–H and O–H groups in total. The first kappa shape index (κ1) is 27.9. The van der Waals surface area contributed by atoms with Gasteiger partial charge in [0.15, 0.2) is 0 Å². The minimum atomic E-state index is -0.590. The highest BCUT2D eigenvalue weighted by Crippen LogP contribution is 3.09. The highest BCUT2D eigenvalue weighted by Gasteiger charge is 2.48. The summed E-state index contributed by atoms with van der Waals surface area (Å²) in [4.78, 5) is 12.9. The normalized spacial score (nSPS) is 33.5. The van der Waals surface area contributed by atoms with Gasteiger partial charge in [-0.05, 0) is 56.2 Å². The Kier molecular flexibility index (Phi) is 11.8. The number of carbonyl (C=O) groups is 1. The molecule has 162 valence electrons. The summed E-state index contributed by atoms with van der Waals surface area (Å²) in [6.45, 7) is 7.87. The summed E-state index contributed by atoms with van der Waals surface area (Å²) < 4.78 is 7.00. The van der Waals surface area contributed by atoms with Crippen molar-refractivity contribution in [3.63, 3.8) is 0 Å². The molecule has 28 heavy (non-hydrogen) atoms. The lowest BCUT2D eigenvalue weighted by Crippen LogP contribution is -2.45. The number of hydrogen-bond donors (Lipinski definition) is 1. The van der Waals surface area contributed by atoms with Crippen LogP contribution in [0.5, 0.6) is 0 Å². The van der Waals surface area contributed by atoms with Crippen LogP contribution in [0.15, 0.2) is 11.1 Å². The second-order valence-corrected chi connectivity index (χ2v) is 42.6. The van der Waals surface area contributed by atoms with Gasteiger partial charge in [0.25, 0.3) is 0 Å². The third-order valence-electron chi connectivity index (χ3n) is 5.95. The lowest BCUT2D eigenvalue weighted by molar-refractivity contribution is -0.126. The van der Waals surface area contributed by atoms with Crippen LogP contribution in [-0.4, -0.2) is 23.1 Å². The molecule has 0 radical (unpaired) electrons. The second-order valence-electron chi connectivity index (χ2n) is 8.10. The molecule has 2 bridgehead atoms. The first-order chi connectivity index (χ1) is 12.9. The molecule has 0 spiro atoms. The van der Waals surface area contributed by atoms with E-state index in [1.54, 1.807) is 0 Å². The Morgan fingerprint density at radius 3 is 2.29 bits per heavy atom. The third kappa shape index (κ3) is 6.39. The number of hydrogen-bond acceptors (Lipinski definition) is 3. The van der Waals surface area contributed by atoms with E-state index in [9.17, 15) is 9.90 Å². The Balaban J connectivity index is 2.51. The van der Waals surface area contributed by atoms with Crippen molar-refractivity contribution < 1.29 is 14.4 Å². The summed E-state index contributed by atoms with van der Waals surface area (Å²) in [6.07, 6.45) is 1.47. The molecule has 13 heteroatoms. The van der Waals surface area contributed by atoms with Crippen LogP contribution in [0.25, 0.3) is 0 Å². The van der Waals surface area contributed by atoms with E-state index < -0.39 is 13.6 Å².